The van der Waals surface area contributed by atoms with Crippen LogP contribution in [0.2, 0.25) is 0 Å². The molecule has 0 fully saturated rings. The van der Waals surface area contributed by atoms with Gasteiger partial charge >= 0.3 is 0 Å². The topological polar surface area (TPSA) is 30.8 Å². The number of hydrogen-bond donors (Lipinski definition) is 0. The molecular formula is C9H9NO2S. The van der Waals surface area contributed by atoms with Crippen LogP contribution in [-0.2, 0) is 4.74 Å². The van der Waals surface area contributed by atoms with Crippen molar-refractivity contribution in [2.45, 2.75) is 0 Å². The molecule has 0 amide bonds. The molecule has 0 aliphatic heterocycles. The molecular weight excluding hydrogens is 186 g/mol. The van der Waals surface area contributed by atoms with Gasteiger partial charge in [0, 0.05) is 7.11 Å². The molecule has 0 aromatic heterocycles. The molecule has 0 heterocycles. The Hall–Kier alpha value is -1.22. The molecule has 0 saturated carbocycles. The molecule has 0 bridgehead atoms. The van der Waals surface area contributed by atoms with Crippen molar-refractivity contribution < 1.29 is 9.47 Å². The summed E-state index contributed by atoms with van der Waals surface area (Å²) in [5, 5.41) is 2.29. The minimum absolute atomic E-state index is 0.198. The number of methoxy groups -OCH3 is 1. The van der Waals surface area contributed by atoms with Crippen LogP contribution in [0, 0.1) is 0 Å². The van der Waals surface area contributed by atoms with Crippen LogP contribution >= 0.6 is 12.2 Å². The molecule has 0 aliphatic rings. The molecule has 1 aromatic rings. The van der Waals surface area contributed by atoms with Crippen LogP contribution in [-0.4, -0.2) is 19.1 Å². The van der Waals surface area contributed by atoms with E-state index in [0.717, 1.165) is 0 Å². The van der Waals surface area contributed by atoms with Crippen molar-refractivity contribution in [3.8, 4) is 5.75 Å². The largest absolute Gasteiger partial charge is 0.465 e. The van der Waals surface area contributed by atoms with Gasteiger partial charge in [0.15, 0.2) is 6.79 Å². The zero-order valence-corrected chi connectivity index (χ0v) is 8.00. The van der Waals surface area contributed by atoms with Gasteiger partial charge in [-0.2, -0.15) is 4.99 Å². The maximum atomic E-state index is 5.24. The molecule has 0 unspecified atom stereocenters. The van der Waals surface area contributed by atoms with E-state index in [4.69, 9.17) is 9.47 Å². The van der Waals surface area contributed by atoms with Crippen molar-refractivity contribution >= 4 is 23.1 Å². The van der Waals surface area contributed by atoms with Crippen LogP contribution in [0.25, 0.3) is 0 Å². The lowest BCUT2D eigenvalue weighted by molar-refractivity contribution is 0.0515. The lowest BCUT2D eigenvalue weighted by Gasteiger charge is -2.05. The number of ether oxygens (including phenoxy) is 2. The van der Waals surface area contributed by atoms with Gasteiger partial charge in [-0.05, 0) is 24.4 Å². The maximum absolute atomic E-state index is 5.24. The smallest absolute Gasteiger partial charge is 0.188 e. The maximum Gasteiger partial charge on any atom is 0.188 e. The average molecular weight is 195 g/mol. The highest BCUT2D eigenvalue weighted by molar-refractivity contribution is 7.78. The van der Waals surface area contributed by atoms with E-state index in [9.17, 15) is 0 Å². The summed E-state index contributed by atoms with van der Waals surface area (Å²) >= 11 is 4.50. The van der Waals surface area contributed by atoms with E-state index in [0.29, 0.717) is 11.4 Å². The fourth-order valence-electron chi connectivity index (χ4n) is 0.843. The van der Waals surface area contributed by atoms with E-state index in [-0.39, 0.29) is 6.79 Å². The highest BCUT2D eigenvalue weighted by Crippen LogP contribution is 2.25. The summed E-state index contributed by atoms with van der Waals surface area (Å²) in [4.78, 5) is 3.84. The average Bonchev–Trinajstić information content (AvgIpc) is 2.17. The lowest BCUT2D eigenvalue weighted by atomic mass is 10.3. The van der Waals surface area contributed by atoms with Crippen molar-refractivity contribution in [2.75, 3.05) is 13.9 Å². The molecule has 1 rings (SSSR count). The second-order valence-corrected chi connectivity index (χ2v) is 2.40. The predicted molar refractivity (Wildman–Crippen MR) is 53.6 cm³/mol. The summed E-state index contributed by atoms with van der Waals surface area (Å²) in [7, 11) is 1.56. The predicted octanol–water partition coefficient (Wildman–Crippen LogP) is 2.40. The molecule has 4 heteroatoms. The van der Waals surface area contributed by atoms with Crippen LogP contribution in [0.3, 0.4) is 0 Å². The van der Waals surface area contributed by atoms with E-state index in [1.54, 1.807) is 19.2 Å². The third-order valence-corrected chi connectivity index (χ3v) is 1.45. The Labute approximate surface area is 82.0 Å². The van der Waals surface area contributed by atoms with Gasteiger partial charge in [-0.3, -0.25) is 0 Å². The van der Waals surface area contributed by atoms with Crippen LogP contribution in [0.5, 0.6) is 5.75 Å². The van der Waals surface area contributed by atoms with E-state index >= 15 is 0 Å². The van der Waals surface area contributed by atoms with Gasteiger partial charge in [-0.15, -0.1) is 0 Å². The second-order valence-electron chi connectivity index (χ2n) is 2.22. The van der Waals surface area contributed by atoms with E-state index in [1.807, 2.05) is 12.1 Å². The number of isothiocyanates is 1. The molecule has 0 atom stereocenters. The van der Waals surface area contributed by atoms with Crippen molar-refractivity contribution in [2.24, 2.45) is 4.99 Å². The summed E-state index contributed by atoms with van der Waals surface area (Å²) in [5.74, 6) is 0.640. The molecule has 13 heavy (non-hydrogen) atoms. The number of hydrogen-bond acceptors (Lipinski definition) is 4. The summed E-state index contributed by atoms with van der Waals surface area (Å²) in [6.07, 6.45) is 0. The van der Waals surface area contributed by atoms with Gasteiger partial charge < -0.3 is 9.47 Å². The number of para-hydroxylation sites is 2. The number of nitrogens with zero attached hydrogens (tertiary/aromatic N) is 1. The van der Waals surface area contributed by atoms with Gasteiger partial charge in [-0.1, -0.05) is 12.1 Å². The number of thiocarbonyl (C=S) groups is 1. The Morgan fingerprint density at radius 1 is 1.46 bits per heavy atom. The highest BCUT2D eigenvalue weighted by atomic mass is 32.1. The summed E-state index contributed by atoms with van der Waals surface area (Å²) in [5.41, 5.74) is 0.662. The zero-order chi connectivity index (χ0) is 9.52. The molecule has 0 spiro atoms. The van der Waals surface area contributed by atoms with Crippen LogP contribution < -0.4 is 4.74 Å². The number of aliphatic imine (C=N–C) groups is 1. The molecule has 0 saturated heterocycles. The second kappa shape index (κ2) is 5.43. The third-order valence-electron chi connectivity index (χ3n) is 1.36. The molecule has 68 valence electrons. The molecule has 0 radical (unpaired) electrons. The Morgan fingerprint density at radius 3 is 2.92 bits per heavy atom. The first-order chi connectivity index (χ1) is 6.38. The van der Waals surface area contributed by atoms with Crippen molar-refractivity contribution in [1.82, 2.24) is 0 Å². The Bertz CT molecular complexity index is 321. The molecule has 3 nitrogen and oxygen atoms in total. The summed E-state index contributed by atoms with van der Waals surface area (Å²) in [6, 6.07) is 7.30. The standard InChI is InChI=1S/C9H9NO2S/c1-11-7-12-9-5-3-2-4-8(9)10-6-13/h2-5H,7H2,1H3. The SMILES string of the molecule is COCOc1ccccc1N=C=S. The quantitative estimate of drug-likeness (QED) is 0.420. The number of benzene rings is 1. The molecule has 0 aliphatic carbocycles. The van der Waals surface area contributed by atoms with Crippen molar-refractivity contribution in [1.29, 1.82) is 0 Å². The normalized spacial score (nSPS) is 9.00. The van der Waals surface area contributed by atoms with Crippen LogP contribution in [0.1, 0.15) is 0 Å². The van der Waals surface area contributed by atoms with Gasteiger partial charge in [0.25, 0.3) is 0 Å². The molecule has 0 N–H and O–H groups in total. The lowest BCUT2D eigenvalue weighted by Crippen LogP contribution is -1.98. The van der Waals surface area contributed by atoms with E-state index in [1.165, 1.54) is 0 Å². The fourth-order valence-corrected chi connectivity index (χ4v) is 0.942. The first kappa shape index (κ1) is 9.86. The van der Waals surface area contributed by atoms with E-state index in [2.05, 4.69) is 22.4 Å². The minimum Gasteiger partial charge on any atom is -0.465 e. The van der Waals surface area contributed by atoms with Gasteiger partial charge in [0.2, 0.25) is 0 Å². The van der Waals surface area contributed by atoms with Crippen LogP contribution in [0.15, 0.2) is 29.3 Å². The van der Waals surface area contributed by atoms with Gasteiger partial charge in [-0.25, -0.2) is 0 Å². The first-order valence-electron chi connectivity index (χ1n) is 3.67. The Balaban J connectivity index is 2.84. The Morgan fingerprint density at radius 2 is 2.23 bits per heavy atom. The van der Waals surface area contributed by atoms with Gasteiger partial charge in [0.05, 0.1) is 5.16 Å². The zero-order valence-electron chi connectivity index (χ0n) is 7.19. The van der Waals surface area contributed by atoms with Gasteiger partial charge in [0.1, 0.15) is 11.4 Å². The molecule has 1 aromatic carbocycles. The third kappa shape index (κ3) is 2.95. The monoisotopic (exact) mass is 195 g/mol. The highest BCUT2D eigenvalue weighted by Gasteiger charge is 1.99. The summed E-state index contributed by atoms with van der Waals surface area (Å²) < 4.78 is 10.0. The first-order valence-corrected chi connectivity index (χ1v) is 4.08. The number of rotatable bonds is 4. The fraction of sp³-hybridized carbons (Fsp3) is 0.222. The van der Waals surface area contributed by atoms with Crippen LogP contribution in [0.4, 0.5) is 5.69 Å². The van der Waals surface area contributed by atoms with Crippen molar-refractivity contribution in [3.05, 3.63) is 24.3 Å². The van der Waals surface area contributed by atoms with E-state index < -0.39 is 0 Å². The minimum atomic E-state index is 0.198. The van der Waals surface area contributed by atoms with Crippen molar-refractivity contribution in [3.63, 3.8) is 0 Å². The summed E-state index contributed by atoms with van der Waals surface area (Å²) in [6.45, 7) is 0.198. The Kier molecular flexibility index (Phi) is 4.12.